The highest BCUT2D eigenvalue weighted by molar-refractivity contribution is 6.32. The van der Waals surface area contributed by atoms with Crippen molar-refractivity contribution in [3.63, 3.8) is 0 Å². The Morgan fingerprint density at radius 2 is 2.24 bits per heavy atom. The van der Waals surface area contributed by atoms with Crippen molar-refractivity contribution >= 4 is 17.6 Å². The van der Waals surface area contributed by atoms with Gasteiger partial charge in [0.25, 0.3) is 6.43 Å². The summed E-state index contributed by atoms with van der Waals surface area (Å²) in [7, 11) is 0. The van der Waals surface area contributed by atoms with Crippen LogP contribution in [-0.4, -0.2) is 17.6 Å². The smallest absolute Gasteiger partial charge is 0.310 e. The molecule has 0 saturated heterocycles. The number of esters is 1. The normalized spacial score (nSPS) is 10.7. The second-order valence-corrected chi connectivity index (χ2v) is 3.78. The van der Waals surface area contributed by atoms with Gasteiger partial charge in [-0.15, -0.1) is 0 Å². The van der Waals surface area contributed by atoms with Crippen LogP contribution in [-0.2, 0) is 16.0 Å². The van der Waals surface area contributed by atoms with Gasteiger partial charge in [0, 0.05) is 5.69 Å². The topological polar surface area (TPSA) is 39.2 Å². The van der Waals surface area contributed by atoms with Crippen LogP contribution in [0.15, 0.2) is 6.07 Å². The van der Waals surface area contributed by atoms with Crippen LogP contribution in [0.2, 0.25) is 5.02 Å². The molecule has 1 heterocycles. The van der Waals surface area contributed by atoms with Crippen LogP contribution in [0.4, 0.5) is 8.78 Å². The molecule has 1 aromatic rings. The summed E-state index contributed by atoms with van der Waals surface area (Å²) in [4.78, 5) is 14.9. The van der Waals surface area contributed by atoms with Crippen molar-refractivity contribution in [1.82, 2.24) is 4.98 Å². The van der Waals surface area contributed by atoms with Gasteiger partial charge in [-0.05, 0) is 25.5 Å². The van der Waals surface area contributed by atoms with Gasteiger partial charge in [0.15, 0.2) is 0 Å². The fourth-order valence-corrected chi connectivity index (χ4v) is 1.64. The van der Waals surface area contributed by atoms with Crippen molar-refractivity contribution < 1.29 is 18.3 Å². The molecular weight excluding hydrogens is 252 g/mol. The molecule has 0 unspecified atom stereocenters. The number of pyridine rings is 1. The molecule has 0 aliphatic rings. The first-order chi connectivity index (χ1) is 7.95. The summed E-state index contributed by atoms with van der Waals surface area (Å²) in [5.74, 6) is -0.500. The fraction of sp³-hybridized carbons (Fsp3) is 0.455. The first kappa shape index (κ1) is 13.8. The van der Waals surface area contributed by atoms with Gasteiger partial charge >= 0.3 is 5.97 Å². The molecule has 0 spiro atoms. The summed E-state index contributed by atoms with van der Waals surface area (Å²) in [6.45, 7) is 3.47. The van der Waals surface area contributed by atoms with E-state index in [1.807, 2.05) is 0 Å². The van der Waals surface area contributed by atoms with E-state index in [4.69, 9.17) is 16.3 Å². The number of ether oxygens (including phenoxy) is 1. The third-order valence-corrected chi connectivity index (χ3v) is 2.47. The first-order valence-corrected chi connectivity index (χ1v) is 5.43. The molecule has 0 amide bonds. The molecule has 6 heteroatoms. The van der Waals surface area contributed by atoms with E-state index in [1.165, 1.54) is 6.07 Å². The van der Waals surface area contributed by atoms with Gasteiger partial charge in [-0.3, -0.25) is 9.78 Å². The van der Waals surface area contributed by atoms with E-state index < -0.39 is 18.1 Å². The molecule has 0 aromatic carbocycles. The van der Waals surface area contributed by atoms with E-state index in [-0.39, 0.29) is 18.1 Å². The number of carbonyl (C=O) groups is 1. The highest BCUT2D eigenvalue weighted by Crippen LogP contribution is 2.29. The highest BCUT2D eigenvalue weighted by Gasteiger charge is 2.19. The number of aromatic nitrogens is 1. The number of aryl methyl sites for hydroxylation is 1. The summed E-state index contributed by atoms with van der Waals surface area (Å²) in [5, 5.41) is -0.168. The molecule has 0 saturated carbocycles. The second kappa shape index (κ2) is 5.91. The van der Waals surface area contributed by atoms with Gasteiger partial charge in [0.1, 0.15) is 5.69 Å². The highest BCUT2D eigenvalue weighted by atomic mass is 35.5. The molecule has 0 aliphatic heterocycles. The maximum atomic E-state index is 12.6. The van der Waals surface area contributed by atoms with Crippen LogP contribution in [0.3, 0.4) is 0 Å². The lowest BCUT2D eigenvalue weighted by Gasteiger charge is -2.09. The molecule has 3 nitrogen and oxygen atoms in total. The lowest BCUT2D eigenvalue weighted by Crippen LogP contribution is -2.09. The van der Waals surface area contributed by atoms with E-state index in [0.717, 1.165) is 0 Å². The average Bonchev–Trinajstić information content (AvgIpc) is 2.22. The van der Waals surface area contributed by atoms with Crippen LogP contribution in [0.1, 0.15) is 30.3 Å². The summed E-state index contributed by atoms with van der Waals surface area (Å²) in [6, 6.07) is 1.51. The lowest BCUT2D eigenvalue weighted by atomic mass is 10.1. The maximum Gasteiger partial charge on any atom is 0.310 e. The Kier molecular flexibility index (Phi) is 4.81. The van der Waals surface area contributed by atoms with Crippen LogP contribution in [0.5, 0.6) is 0 Å². The van der Waals surface area contributed by atoms with Crippen LogP contribution in [0.25, 0.3) is 0 Å². The van der Waals surface area contributed by atoms with Gasteiger partial charge < -0.3 is 4.74 Å². The molecule has 0 N–H and O–H groups in total. The third-order valence-electron chi connectivity index (χ3n) is 2.03. The Hall–Kier alpha value is -1.23. The van der Waals surface area contributed by atoms with Crippen LogP contribution < -0.4 is 0 Å². The van der Waals surface area contributed by atoms with Gasteiger partial charge in [-0.2, -0.15) is 0 Å². The molecule has 0 fully saturated rings. The molecule has 94 valence electrons. The Morgan fingerprint density at radius 3 is 2.76 bits per heavy atom. The molecule has 0 radical (unpaired) electrons. The number of hydrogen-bond acceptors (Lipinski definition) is 3. The van der Waals surface area contributed by atoms with Gasteiger partial charge in [-0.1, -0.05) is 11.6 Å². The minimum atomic E-state index is -2.76. The summed E-state index contributed by atoms with van der Waals surface area (Å²) < 4.78 is 30.0. The number of rotatable bonds is 4. The van der Waals surface area contributed by atoms with Gasteiger partial charge in [-0.25, -0.2) is 8.78 Å². The van der Waals surface area contributed by atoms with Crippen molar-refractivity contribution in [2.24, 2.45) is 0 Å². The van der Waals surface area contributed by atoms with E-state index in [0.29, 0.717) is 11.3 Å². The van der Waals surface area contributed by atoms with Crippen molar-refractivity contribution in [2.45, 2.75) is 26.7 Å². The summed E-state index contributed by atoms with van der Waals surface area (Å²) in [6.07, 6.45) is -2.89. The predicted octanol–water partition coefficient (Wildman–Crippen LogP) is 3.09. The Labute approximate surface area is 103 Å². The van der Waals surface area contributed by atoms with Crippen molar-refractivity contribution in [3.05, 3.63) is 28.0 Å². The molecular formula is C11H12ClF2NO2. The molecule has 0 atom stereocenters. The van der Waals surface area contributed by atoms with E-state index in [1.54, 1.807) is 13.8 Å². The molecule has 1 rings (SSSR count). The van der Waals surface area contributed by atoms with Crippen molar-refractivity contribution in [1.29, 1.82) is 0 Å². The largest absolute Gasteiger partial charge is 0.466 e. The first-order valence-electron chi connectivity index (χ1n) is 5.05. The van der Waals surface area contributed by atoms with Gasteiger partial charge in [0.05, 0.1) is 18.1 Å². The van der Waals surface area contributed by atoms with Crippen LogP contribution in [0, 0.1) is 6.92 Å². The second-order valence-electron chi connectivity index (χ2n) is 3.40. The SMILES string of the molecule is CCOC(=O)Cc1cc(C)nc(C(F)F)c1Cl. The minimum absolute atomic E-state index is 0.129. The lowest BCUT2D eigenvalue weighted by molar-refractivity contribution is -0.142. The van der Waals surface area contributed by atoms with Crippen LogP contribution >= 0.6 is 11.6 Å². The standard InChI is InChI=1S/C11H12ClF2NO2/c1-3-17-8(16)5-7-4-6(2)15-10(9(7)12)11(13)14/h4,11H,3,5H2,1-2H3. The third kappa shape index (κ3) is 3.63. The van der Waals surface area contributed by atoms with E-state index in [2.05, 4.69) is 4.98 Å². The van der Waals surface area contributed by atoms with Crippen molar-refractivity contribution in [3.8, 4) is 0 Å². The Bertz CT molecular complexity index is 424. The molecule has 17 heavy (non-hydrogen) atoms. The summed E-state index contributed by atoms with van der Waals surface area (Å²) >= 11 is 5.77. The van der Waals surface area contributed by atoms with Gasteiger partial charge in [0.2, 0.25) is 0 Å². The minimum Gasteiger partial charge on any atom is -0.466 e. The maximum absolute atomic E-state index is 12.6. The number of nitrogens with zero attached hydrogens (tertiary/aromatic N) is 1. The molecule has 0 bridgehead atoms. The zero-order valence-electron chi connectivity index (χ0n) is 9.47. The fourth-order valence-electron chi connectivity index (χ4n) is 1.39. The number of alkyl halides is 2. The van der Waals surface area contributed by atoms with Crippen molar-refractivity contribution in [2.75, 3.05) is 6.61 Å². The zero-order chi connectivity index (χ0) is 13.0. The monoisotopic (exact) mass is 263 g/mol. The number of hydrogen-bond donors (Lipinski definition) is 0. The Balaban J connectivity index is 3.03. The quantitative estimate of drug-likeness (QED) is 0.784. The van der Waals surface area contributed by atoms with E-state index in [9.17, 15) is 13.6 Å². The zero-order valence-corrected chi connectivity index (χ0v) is 10.2. The molecule has 1 aromatic heterocycles. The summed E-state index contributed by atoms with van der Waals surface area (Å²) in [5.41, 5.74) is 0.211. The average molecular weight is 264 g/mol. The number of halogens is 3. The van der Waals surface area contributed by atoms with E-state index >= 15 is 0 Å². The number of carbonyl (C=O) groups excluding carboxylic acids is 1. The predicted molar refractivity (Wildman–Crippen MR) is 59.3 cm³/mol. The molecule has 0 aliphatic carbocycles. The Morgan fingerprint density at radius 1 is 1.59 bits per heavy atom.